The van der Waals surface area contributed by atoms with Crippen molar-refractivity contribution in [2.75, 3.05) is 47.5 Å². The van der Waals surface area contributed by atoms with Crippen LogP contribution in [0.4, 0.5) is 0 Å². The Balaban J connectivity index is 1.54. The Kier molecular flexibility index (Phi) is 7.62. The zero-order chi connectivity index (χ0) is 23.4. The van der Waals surface area contributed by atoms with Gasteiger partial charge in [0.25, 0.3) is 0 Å². The number of hydrogen-bond acceptors (Lipinski definition) is 4. The van der Waals surface area contributed by atoms with Crippen molar-refractivity contribution in [1.82, 2.24) is 9.80 Å². The Morgan fingerprint density at radius 1 is 1.15 bits per heavy atom. The van der Waals surface area contributed by atoms with E-state index >= 15 is 0 Å². The molecular formula is C27H35ClN2O3. The van der Waals surface area contributed by atoms with Gasteiger partial charge < -0.3 is 19.3 Å². The first-order valence-electron chi connectivity index (χ1n) is 11.9. The molecule has 2 heterocycles. The summed E-state index contributed by atoms with van der Waals surface area (Å²) < 4.78 is 11.2. The second-order valence-corrected chi connectivity index (χ2v) is 10.00. The van der Waals surface area contributed by atoms with Crippen molar-refractivity contribution in [2.45, 2.75) is 38.1 Å². The van der Waals surface area contributed by atoms with E-state index in [1.54, 1.807) is 7.11 Å². The molecule has 5 nitrogen and oxygen atoms in total. The van der Waals surface area contributed by atoms with Crippen molar-refractivity contribution >= 4 is 17.5 Å². The second kappa shape index (κ2) is 10.5. The van der Waals surface area contributed by atoms with Crippen LogP contribution in [0.3, 0.4) is 0 Å². The maximum atomic E-state index is 13.8. The van der Waals surface area contributed by atoms with Crippen LogP contribution in [0.15, 0.2) is 42.5 Å². The van der Waals surface area contributed by atoms with Crippen molar-refractivity contribution in [3.63, 3.8) is 0 Å². The van der Waals surface area contributed by atoms with Crippen molar-refractivity contribution in [1.29, 1.82) is 0 Å². The lowest BCUT2D eigenvalue weighted by atomic mass is 9.73. The predicted molar refractivity (Wildman–Crippen MR) is 133 cm³/mol. The summed E-state index contributed by atoms with van der Waals surface area (Å²) in [4.78, 5) is 18.2. The lowest BCUT2D eigenvalue weighted by Gasteiger charge is -2.43. The molecule has 0 spiro atoms. The zero-order valence-corrected chi connectivity index (χ0v) is 20.7. The molecule has 33 heavy (non-hydrogen) atoms. The Hall–Kier alpha value is -2.08. The molecule has 2 aromatic rings. The summed E-state index contributed by atoms with van der Waals surface area (Å²) in [5.41, 5.74) is 2.79. The lowest BCUT2D eigenvalue weighted by molar-refractivity contribution is -0.149. The number of hydrogen-bond donors (Lipinski definition) is 0. The fourth-order valence-electron chi connectivity index (χ4n) is 5.25. The van der Waals surface area contributed by atoms with Crippen LogP contribution in [-0.2, 0) is 16.0 Å². The van der Waals surface area contributed by atoms with E-state index in [0.29, 0.717) is 24.3 Å². The summed E-state index contributed by atoms with van der Waals surface area (Å²) >= 11 is 6.23. The smallest absolute Gasteiger partial charge is 0.229 e. The van der Waals surface area contributed by atoms with E-state index in [1.165, 1.54) is 5.56 Å². The number of carbonyl (C=O) groups excluding carboxylic acids is 1. The number of halogens is 1. The summed E-state index contributed by atoms with van der Waals surface area (Å²) in [5.74, 6) is 1.07. The third-order valence-corrected chi connectivity index (χ3v) is 7.66. The normalized spacial score (nSPS) is 19.3. The van der Waals surface area contributed by atoms with Gasteiger partial charge in [0.2, 0.25) is 5.91 Å². The zero-order valence-electron chi connectivity index (χ0n) is 20.0. The number of nitrogens with zero attached hydrogens (tertiary/aromatic N) is 2. The Morgan fingerprint density at radius 3 is 2.45 bits per heavy atom. The van der Waals surface area contributed by atoms with E-state index in [9.17, 15) is 4.79 Å². The van der Waals surface area contributed by atoms with Crippen LogP contribution in [0.25, 0.3) is 11.1 Å². The SMILES string of the molecule is COc1ccc(Cl)cc1-c1ccc(CC2(C(=O)N(C)C3CCN(C)CC3)CCOCC2)cc1. The number of methoxy groups -OCH3 is 1. The van der Waals surface area contributed by atoms with Gasteiger partial charge in [-0.05, 0) is 81.6 Å². The van der Waals surface area contributed by atoms with Gasteiger partial charge in [-0.1, -0.05) is 35.9 Å². The first-order valence-corrected chi connectivity index (χ1v) is 12.3. The molecule has 1 amide bonds. The highest BCUT2D eigenvalue weighted by atomic mass is 35.5. The van der Waals surface area contributed by atoms with Gasteiger partial charge in [0.05, 0.1) is 12.5 Å². The van der Waals surface area contributed by atoms with Crippen LogP contribution in [0, 0.1) is 5.41 Å². The van der Waals surface area contributed by atoms with E-state index < -0.39 is 5.41 Å². The minimum absolute atomic E-state index is 0.279. The van der Waals surface area contributed by atoms with Crippen LogP contribution < -0.4 is 4.74 Å². The Labute approximate surface area is 202 Å². The van der Waals surface area contributed by atoms with Crippen molar-refractivity contribution in [3.8, 4) is 16.9 Å². The largest absolute Gasteiger partial charge is 0.496 e. The average molecular weight is 471 g/mol. The molecule has 2 fully saturated rings. The third kappa shape index (κ3) is 5.37. The summed E-state index contributed by atoms with van der Waals surface area (Å²) in [7, 11) is 5.83. The highest BCUT2D eigenvalue weighted by Crippen LogP contribution is 2.38. The summed E-state index contributed by atoms with van der Waals surface area (Å²) in [5, 5.41) is 0.679. The van der Waals surface area contributed by atoms with Crippen LogP contribution in [-0.4, -0.2) is 69.3 Å². The maximum absolute atomic E-state index is 13.8. The third-order valence-electron chi connectivity index (χ3n) is 7.43. The van der Waals surface area contributed by atoms with Crippen LogP contribution in [0.1, 0.15) is 31.2 Å². The van der Waals surface area contributed by atoms with Crippen LogP contribution in [0.5, 0.6) is 5.75 Å². The monoisotopic (exact) mass is 470 g/mol. The number of carbonyl (C=O) groups is 1. The number of ether oxygens (including phenoxy) is 2. The molecule has 0 atom stereocenters. The van der Waals surface area contributed by atoms with Gasteiger partial charge in [-0.25, -0.2) is 0 Å². The topological polar surface area (TPSA) is 42.0 Å². The molecular weight excluding hydrogens is 436 g/mol. The van der Waals surface area contributed by atoms with Gasteiger partial charge in [0, 0.05) is 36.9 Å². The minimum atomic E-state index is -0.397. The molecule has 0 aromatic heterocycles. The molecule has 0 saturated carbocycles. The molecule has 0 N–H and O–H groups in total. The standard InChI is InChI=1S/C27H35ClN2O3/c1-29-14-10-23(11-15-29)30(2)26(31)27(12-16-33-17-13-27)19-20-4-6-21(7-5-20)24-18-22(28)8-9-25(24)32-3/h4-9,18,23H,10-17,19H2,1-3H3. The Morgan fingerprint density at radius 2 is 1.82 bits per heavy atom. The van der Waals surface area contributed by atoms with Gasteiger partial charge in [-0.2, -0.15) is 0 Å². The quantitative estimate of drug-likeness (QED) is 0.601. The fraction of sp³-hybridized carbons (Fsp3) is 0.519. The lowest BCUT2D eigenvalue weighted by Crippen LogP contribution is -2.52. The molecule has 0 aliphatic carbocycles. The van der Waals surface area contributed by atoms with Crippen molar-refractivity contribution in [3.05, 3.63) is 53.1 Å². The Bertz CT molecular complexity index is 948. The minimum Gasteiger partial charge on any atom is -0.496 e. The second-order valence-electron chi connectivity index (χ2n) is 9.56. The molecule has 6 heteroatoms. The van der Waals surface area contributed by atoms with E-state index in [-0.39, 0.29) is 5.91 Å². The number of rotatable bonds is 6. The number of benzene rings is 2. The number of piperidine rings is 1. The van der Waals surface area contributed by atoms with E-state index in [1.807, 2.05) is 30.1 Å². The average Bonchev–Trinajstić information content (AvgIpc) is 2.84. The fourth-order valence-corrected chi connectivity index (χ4v) is 5.42. The van der Waals surface area contributed by atoms with Crippen LogP contribution >= 0.6 is 11.6 Å². The van der Waals surface area contributed by atoms with Crippen molar-refractivity contribution in [2.24, 2.45) is 5.41 Å². The number of amides is 1. The highest BCUT2D eigenvalue weighted by Gasteiger charge is 2.43. The van der Waals surface area contributed by atoms with Crippen molar-refractivity contribution < 1.29 is 14.3 Å². The molecule has 2 aliphatic rings. The molecule has 178 valence electrons. The van der Waals surface area contributed by atoms with Gasteiger partial charge in [-0.3, -0.25) is 4.79 Å². The molecule has 4 rings (SSSR count). The first-order chi connectivity index (χ1) is 15.9. The molecule has 0 bridgehead atoms. The van der Waals surface area contributed by atoms with Crippen LogP contribution in [0.2, 0.25) is 5.02 Å². The van der Waals surface area contributed by atoms with E-state index in [4.69, 9.17) is 21.1 Å². The predicted octanol–water partition coefficient (Wildman–Crippen LogP) is 4.91. The summed E-state index contributed by atoms with van der Waals surface area (Å²) in [6.45, 7) is 3.38. The molecule has 0 radical (unpaired) electrons. The molecule has 2 saturated heterocycles. The summed E-state index contributed by atoms with van der Waals surface area (Å²) in [6, 6.07) is 14.4. The van der Waals surface area contributed by atoms with Gasteiger partial charge >= 0.3 is 0 Å². The van der Waals surface area contributed by atoms with Gasteiger partial charge in [-0.15, -0.1) is 0 Å². The first kappa shape index (κ1) is 24.1. The van der Waals surface area contributed by atoms with E-state index in [0.717, 1.165) is 62.1 Å². The molecule has 2 aromatic carbocycles. The molecule has 0 unspecified atom stereocenters. The summed E-state index contributed by atoms with van der Waals surface area (Å²) in [6.07, 6.45) is 4.36. The maximum Gasteiger partial charge on any atom is 0.229 e. The number of likely N-dealkylation sites (tertiary alicyclic amines) is 1. The van der Waals surface area contributed by atoms with E-state index in [2.05, 4.69) is 36.2 Å². The highest BCUT2D eigenvalue weighted by molar-refractivity contribution is 6.31. The van der Waals surface area contributed by atoms with Gasteiger partial charge in [0.1, 0.15) is 5.75 Å². The molecule has 2 aliphatic heterocycles. The van der Waals surface area contributed by atoms with Gasteiger partial charge in [0.15, 0.2) is 0 Å².